The van der Waals surface area contributed by atoms with Crippen LogP contribution < -0.4 is 9.91 Å². The molecule has 0 amide bonds. The smallest absolute Gasteiger partial charge is 0.162 e. The lowest BCUT2D eigenvalue weighted by Gasteiger charge is -2.40. The first-order valence-electron chi connectivity index (χ1n) is 11.7. The van der Waals surface area contributed by atoms with Gasteiger partial charge >= 0.3 is 0 Å². The van der Waals surface area contributed by atoms with Crippen molar-refractivity contribution in [2.24, 2.45) is 5.10 Å². The van der Waals surface area contributed by atoms with Crippen molar-refractivity contribution < 1.29 is 0 Å². The molecule has 1 aliphatic heterocycles. The number of amidine groups is 1. The largest absolute Gasteiger partial charge is 0.315 e. The molecule has 0 saturated heterocycles. The Bertz CT molecular complexity index is 1470. The maximum Gasteiger partial charge on any atom is 0.162 e. The zero-order chi connectivity index (χ0) is 22.9. The molecular weight excluding hydrogens is 414 g/mol. The van der Waals surface area contributed by atoms with Gasteiger partial charge in [0.2, 0.25) is 0 Å². The van der Waals surface area contributed by atoms with E-state index in [4.69, 9.17) is 5.10 Å². The molecule has 3 nitrogen and oxygen atoms in total. The fourth-order valence-electron chi connectivity index (χ4n) is 4.80. The molecule has 0 radical (unpaired) electrons. The van der Waals surface area contributed by atoms with Crippen LogP contribution in [0, 0.1) is 0 Å². The third-order valence-corrected chi connectivity index (χ3v) is 6.49. The quantitative estimate of drug-likeness (QED) is 0.283. The normalized spacial score (nSPS) is 14.0. The minimum atomic E-state index is 0.0954. The highest BCUT2D eigenvalue weighted by Crippen LogP contribution is 2.43. The zero-order valence-corrected chi connectivity index (χ0v) is 19.0. The van der Waals surface area contributed by atoms with E-state index in [1.165, 1.54) is 16.3 Å². The zero-order valence-electron chi connectivity index (χ0n) is 19.0. The summed E-state index contributed by atoms with van der Waals surface area (Å²) in [6.45, 7) is 2.25. The van der Waals surface area contributed by atoms with Gasteiger partial charge in [-0.2, -0.15) is 0 Å². The van der Waals surface area contributed by atoms with Crippen molar-refractivity contribution >= 4 is 33.7 Å². The van der Waals surface area contributed by atoms with Gasteiger partial charge in [0.1, 0.15) is 0 Å². The molecule has 0 aromatic heterocycles. The Kier molecular flexibility index (Phi) is 5.08. The molecule has 1 unspecified atom stereocenters. The second kappa shape index (κ2) is 8.53. The SMILES string of the molecule is CC(c1ccccc1)N1C(c2cccc3ccccc23)=NN(c2ccccc2)c2ccccc21. The van der Waals surface area contributed by atoms with E-state index in [0.717, 1.165) is 28.5 Å². The Morgan fingerprint density at radius 2 is 1.21 bits per heavy atom. The lowest BCUT2D eigenvalue weighted by molar-refractivity contribution is 0.778. The van der Waals surface area contributed by atoms with E-state index in [1.54, 1.807) is 0 Å². The van der Waals surface area contributed by atoms with Gasteiger partial charge in [0, 0.05) is 5.56 Å². The van der Waals surface area contributed by atoms with Crippen molar-refractivity contribution in [1.82, 2.24) is 0 Å². The summed E-state index contributed by atoms with van der Waals surface area (Å²) in [7, 11) is 0. The van der Waals surface area contributed by atoms with E-state index < -0.39 is 0 Å². The molecule has 164 valence electrons. The van der Waals surface area contributed by atoms with E-state index in [0.29, 0.717) is 0 Å². The molecule has 0 N–H and O–H groups in total. The summed E-state index contributed by atoms with van der Waals surface area (Å²) in [5.41, 5.74) is 5.62. The molecule has 5 aromatic rings. The number of rotatable bonds is 4. The van der Waals surface area contributed by atoms with Crippen LogP contribution in [0.2, 0.25) is 0 Å². The summed E-state index contributed by atoms with van der Waals surface area (Å²) >= 11 is 0. The maximum atomic E-state index is 5.32. The van der Waals surface area contributed by atoms with Crippen LogP contribution in [-0.2, 0) is 0 Å². The van der Waals surface area contributed by atoms with Gasteiger partial charge in [-0.05, 0) is 47.5 Å². The average molecular weight is 440 g/mol. The van der Waals surface area contributed by atoms with Crippen molar-refractivity contribution in [1.29, 1.82) is 0 Å². The van der Waals surface area contributed by atoms with Crippen LogP contribution in [0.25, 0.3) is 10.8 Å². The highest BCUT2D eigenvalue weighted by Gasteiger charge is 2.32. The molecule has 0 spiro atoms. The van der Waals surface area contributed by atoms with E-state index in [-0.39, 0.29) is 6.04 Å². The number of fused-ring (bicyclic) bond motifs is 2. The first-order valence-corrected chi connectivity index (χ1v) is 11.7. The van der Waals surface area contributed by atoms with E-state index in [9.17, 15) is 0 Å². The van der Waals surface area contributed by atoms with Crippen LogP contribution in [0.3, 0.4) is 0 Å². The lowest BCUT2D eigenvalue weighted by Crippen LogP contribution is -2.40. The summed E-state index contributed by atoms with van der Waals surface area (Å²) in [4.78, 5) is 2.38. The van der Waals surface area contributed by atoms with Crippen LogP contribution in [0.15, 0.2) is 132 Å². The van der Waals surface area contributed by atoms with Crippen LogP contribution in [0.5, 0.6) is 0 Å². The Labute approximate surface area is 200 Å². The first kappa shape index (κ1) is 20.3. The highest BCUT2D eigenvalue weighted by molar-refractivity contribution is 6.20. The summed E-state index contributed by atoms with van der Waals surface area (Å²) in [5.74, 6) is 0.940. The molecule has 1 aliphatic rings. The first-order chi connectivity index (χ1) is 16.8. The van der Waals surface area contributed by atoms with Crippen molar-refractivity contribution in [2.45, 2.75) is 13.0 Å². The van der Waals surface area contributed by atoms with E-state index in [2.05, 4.69) is 138 Å². The van der Waals surface area contributed by atoms with Crippen LogP contribution >= 0.6 is 0 Å². The molecular formula is C31H25N3. The van der Waals surface area contributed by atoms with Crippen molar-refractivity contribution in [3.63, 3.8) is 0 Å². The molecule has 0 saturated carbocycles. The molecule has 1 atom stereocenters. The van der Waals surface area contributed by atoms with Gasteiger partial charge in [-0.25, -0.2) is 5.01 Å². The van der Waals surface area contributed by atoms with Crippen molar-refractivity contribution in [3.8, 4) is 0 Å². The van der Waals surface area contributed by atoms with Gasteiger partial charge in [-0.1, -0.05) is 103 Å². The number of anilines is 3. The summed E-state index contributed by atoms with van der Waals surface area (Å²) in [6.07, 6.45) is 0. The number of para-hydroxylation sites is 3. The van der Waals surface area contributed by atoms with Gasteiger partial charge in [-0.3, -0.25) is 0 Å². The fourth-order valence-corrected chi connectivity index (χ4v) is 4.80. The third-order valence-electron chi connectivity index (χ3n) is 6.49. The maximum absolute atomic E-state index is 5.32. The minimum absolute atomic E-state index is 0.0954. The molecule has 3 heteroatoms. The Hall–Kier alpha value is -4.37. The molecule has 0 aliphatic carbocycles. The standard InChI is InChI=1S/C31H25N3/c1-23(24-13-4-2-5-14-24)33-29-21-10-11-22-30(29)34(26-17-6-3-7-18-26)32-31(33)28-20-12-16-25-15-8-9-19-27(25)28/h2-23H,1H3. The Morgan fingerprint density at radius 1 is 0.588 bits per heavy atom. The second-order valence-electron chi connectivity index (χ2n) is 8.54. The number of hydrogen-bond acceptors (Lipinski definition) is 3. The molecule has 1 heterocycles. The average Bonchev–Trinajstić information content (AvgIpc) is 2.92. The Balaban J connectivity index is 1.63. The molecule has 0 fully saturated rings. The molecule has 0 bridgehead atoms. The molecule has 5 aromatic carbocycles. The van der Waals surface area contributed by atoms with Gasteiger partial charge < -0.3 is 4.90 Å². The van der Waals surface area contributed by atoms with Gasteiger partial charge in [0.05, 0.1) is 23.1 Å². The van der Waals surface area contributed by atoms with Crippen LogP contribution in [0.4, 0.5) is 17.1 Å². The Morgan fingerprint density at radius 3 is 2.00 bits per heavy atom. The number of benzene rings is 5. The monoisotopic (exact) mass is 439 g/mol. The van der Waals surface area contributed by atoms with E-state index >= 15 is 0 Å². The topological polar surface area (TPSA) is 18.8 Å². The predicted octanol–water partition coefficient (Wildman–Crippen LogP) is 7.92. The highest BCUT2D eigenvalue weighted by atomic mass is 15.5. The van der Waals surface area contributed by atoms with Gasteiger partial charge in [0.15, 0.2) is 5.84 Å². The molecule has 34 heavy (non-hydrogen) atoms. The van der Waals surface area contributed by atoms with E-state index in [1.807, 2.05) is 6.07 Å². The van der Waals surface area contributed by atoms with Crippen molar-refractivity contribution in [2.75, 3.05) is 9.91 Å². The number of nitrogens with zero attached hydrogens (tertiary/aromatic N) is 3. The predicted molar refractivity (Wildman–Crippen MR) is 143 cm³/mol. The summed E-state index contributed by atoms with van der Waals surface area (Å²) < 4.78 is 0. The third kappa shape index (κ3) is 3.43. The number of hydrazone groups is 1. The second-order valence-corrected chi connectivity index (χ2v) is 8.54. The van der Waals surface area contributed by atoms with Crippen LogP contribution in [-0.4, -0.2) is 5.84 Å². The fraction of sp³-hybridized carbons (Fsp3) is 0.0645. The lowest BCUT2D eigenvalue weighted by atomic mass is 9.99. The number of hydrogen-bond donors (Lipinski definition) is 0. The van der Waals surface area contributed by atoms with Crippen LogP contribution in [0.1, 0.15) is 24.1 Å². The summed E-state index contributed by atoms with van der Waals surface area (Å²) in [6, 6.07) is 44.7. The van der Waals surface area contributed by atoms with Gasteiger partial charge in [0.25, 0.3) is 0 Å². The summed E-state index contributed by atoms with van der Waals surface area (Å²) in [5, 5.41) is 9.79. The van der Waals surface area contributed by atoms with Gasteiger partial charge in [-0.15, -0.1) is 5.10 Å². The minimum Gasteiger partial charge on any atom is -0.315 e. The van der Waals surface area contributed by atoms with Crippen molar-refractivity contribution in [3.05, 3.63) is 139 Å². The molecule has 6 rings (SSSR count).